The molecule has 0 heterocycles. The van der Waals surface area contributed by atoms with Crippen LogP contribution in [-0.4, -0.2) is 12.1 Å². The standard InChI is InChI=1S/C24H22Cl2FNO/c1-15-3-10-23(16(2)11-15)28-24(29)19-7-4-17(5-8-19)12-20(27)13-18-6-9-21(25)22(26)14-18/h3-11,14,20H,12-13H2,1-2H3,(H,28,29). The molecule has 0 fully saturated rings. The van der Waals surface area contributed by atoms with Crippen LogP contribution >= 0.6 is 23.2 Å². The van der Waals surface area contributed by atoms with Gasteiger partial charge in [0.15, 0.2) is 0 Å². The minimum absolute atomic E-state index is 0.184. The summed E-state index contributed by atoms with van der Waals surface area (Å²) in [5.74, 6) is -0.184. The van der Waals surface area contributed by atoms with Crippen molar-refractivity contribution in [1.29, 1.82) is 0 Å². The van der Waals surface area contributed by atoms with E-state index in [1.807, 2.05) is 32.0 Å². The van der Waals surface area contributed by atoms with Gasteiger partial charge in [0.2, 0.25) is 0 Å². The fraction of sp³-hybridized carbons (Fsp3) is 0.208. The molecule has 0 spiro atoms. The fourth-order valence-electron chi connectivity index (χ4n) is 3.19. The van der Waals surface area contributed by atoms with Crippen LogP contribution in [0.2, 0.25) is 10.0 Å². The minimum Gasteiger partial charge on any atom is -0.322 e. The summed E-state index contributed by atoms with van der Waals surface area (Å²) >= 11 is 11.9. The van der Waals surface area contributed by atoms with Crippen molar-refractivity contribution in [3.8, 4) is 0 Å². The average molecular weight is 430 g/mol. The molecule has 3 aromatic carbocycles. The van der Waals surface area contributed by atoms with Crippen molar-refractivity contribution in [3.63, 3.8) is 0 Å². The molecule has 0 aromatic heterocycles. The van der Waals surface area contributed by atoms with Crippen molar-refractivity contribution in [1.82, 2.24) is 0 Å². The number of carbonyl (C=O) groups excluding carboxylic acids is 1. The molecule has 2 nitrogen and oxygen atoms in total. The summed E-state index contributed by atoms with van der Waals surface area (Å²) in [6, 6.07) is 18.0. The second-order valence-corrected chi connectivity index (χ2v) is 8.04. The van der Waals surface area contributed by atoms with Gasteiger partial charge >= 0.3 is 0 Å². The summed E-state index contributed by atoms with van der Waals surface area (Å²) in [5, 5.41) is 3.81. The maximum Gasteiger partial charge on any atom is 0.255 e. The molecular formula is C24H22Cl2FNO. The number of nitrogens with one attached hydrogen (secondary N) is 1. The Labute approximate surface area is 180 Å². The van der Waals surface area contributed by atoms with E-state index in [1.165, 1.54) is 0 Å². The number of alkyl halides is 1. The Morgan fingerprint density at radius 3 is 2.21 bits per heavy atom. The zero-order valence-electron chi connectivity index (χ0n) is 16.3. The van der Waals surface area contributed by atoms with Gasteiger partial charge in [-0.1, -0.05) is 59.1 Å². The van der Waals surface area contributed by atoms with E-state index in [9.17, 15) is 9.18 Å². The summed E-state index contributed by atoms with van der Waals surface area (Å²) in [4.78, 5) is 12.5. The van der Waals surface area contributed by atoms with Crippen LogP contribution in [0.4, 0.5) is 10.1 Å². The summed E-state index contributed by atoms with van der Waals surface area (Å²) < 4.78 is 14.5. The first-order valence-corrected chi connectivity index (χ1v) is 10.1. The first-order chi connectivity index (χ1) is 13.8. The van der Waals surface area contributed by atoms with Gasteiger partial charge in [-0.05, 0) is 60.9 Å². The third kappa shape index (κ3) is 5.81. The molecule has 0 saturated heterocycles. The molecule has 5 heteroatoms. The Balaban J connectivity index is 1.60. The molecule has 0 bridgehead atoms. The Hall–Kier alpha value is -2.36. The maximum absolute atomic E-state index is 14.5. The Morgan fingerprint density at radius 1 is 0.897 bits per heavy atom. The molecular weight excluding hydrogens is 408 g/mol. The highest BCUT2D eigenvalue weighted by Crippen LogP contribution is 2.24. The Morgan fingerprint density at radius 2 is 1.55 bits per heavy atom. The van der Waals surface area contributed by atoms with Gasteiger partial charge in [-0.3, -0.25) is 4.79 Å². The lowest BCUT2D eigenvalue weighted by atomic mass is 10.0. The highest BCUT2D eigenvalue weighted by molar-refractivity contribution is 6.42. The molecule has 3 aromatic rings. The number of amides is 1. The molecule has 3 rings (SSSR count). The molecule has 0 radical (unpaired) electrons. The molecule has 0 aliphatic rings. The van der Waals surface area contributed by atoms with Gasteiger partial charge in [-0.15, -0.1) is 0 Å². The van der Waals surface area contributed by atoms with E-state index in [0.717, 1.165) is 27.9 Å². The monoisotopic (exact) mass is 429 g/mol. The van der Waals surface area contributed by atoms with E-state index in [0.29, 0.717) is 15.6 Å². The number of anilines is 1. The van der Waals surface area contributed by atoms with Gasteiger partial charge in [-0.25, -0.2) is 4.39 Å². The molecule has 1 unspecified atom stereocenters. The average Bonchev–Trinajstić information content (AvgIpc) is 2.67. The van der Waals surface area contributed by atoms with Crippen LogP contribution in [0.25, 0.3) is 0 Å². The van der Waals surface area contributed by atoms with E-state index in [1.54, 1.807) is 42.5 Å². The number of hydrogen-bond donors (Lipinski definition) is 1. The normalized spacial score (nSPS) is 11.9. The van der Waals surface area contributed by atoms with Crippen LogP contribution in [-0.2, 0) is 12.8 Å². The zero-order chi connectivity index (χ0) is 21.0. The number of hydrogen-bond acceptors (Lipinski definition) is 1. The first-order valence-electron chi connectivity index (χ1n) is 9.37. The molecule has 1 amide bonds. The molecule has 29 heavy (non-hydrogen) atoms. The summed E-state index contributed by atoms with van der Waals surface area (Å²) in [5.41, 5.74) is 5.12. The van der Waals surface area contributed by atoms with Crippen molar-refractivity contribution >= 4 is 34.8 Å². The highest BCUT2D eigenvalue weighted by atomic mass is 35.5. The quantitative estimate of drug-likeness (QED) is 0.449. The van der Waals surface area contributed by atoms with Crippen LogP contribution in [0.3, 0.4) is 0 Å². The summed E-state index contributed by atoms with van der Waals surface area (Å²) in [6.45, 7) is 3.97. The molecule has 1 atom stereocenters. The second kappa shape index (κ2) is 9.43. The Kier molecular flexibility index (Phi) is 6.94. The number of carbonyl (C=O) groups is 1. The molecule has 0 aliphatic carbocycles. The van der Waals surface area contributed by atoms with Crippen molar-refractivity contribution < 1.29 is 9.18 Å². The number of benzene rings is 3. The Bertz CT molecular complexity index is 1020. The largest absolute Gasteiger partial charge is 0.322 e. The smallest absolute Gasteiger partial charge is 0.255 e. The van der Waals surface area contributed by atoms with E-state index in [2.05, 4.69) is 5.32 Å². The van der Waals surface area contributed by atoms with Gasteiger partial charge in [-0.2, -0.15) is 0 Å². The maximum atomic E-state index is 14.5. The number of halogens is 3. The van der Waals surface area contributed by atoms with Gasteiger partial charge in [0.05, 0.1) is 10.0 Å². The van der Waals surface area contributed by atoms with Crippen LogP contribution in [0, 0.1) is 13.8 Å². The van der Waals surface area contributed by atoms with Crippen LogP contribution in [0.5, 0.6) is 0 Å². The van der Waals surface area contributed by atoms with Crippen molar-refractivity contribution in [3.05, 3.63) is 98.5 Å². The van der Waals surface area contributed by atoms with Gasteiger partial charge < -0.3 is 5.32 Å². The molecule has 0 aliphatic heterocycles. The third-order valence-corrected chi connectivity index (χ3v) is 5.48. The second-order valence-electron chi connectivity index (χ2n) is 7.22. The van der Waals surface area contributed by atoms with Crippen molar-refractivity contribution in [2.75, 3.05) is 5.32 Å². The minimum atomic E-state index is -1.05. The molecule has 1 N–H and O–H groups in total. The number of aryl methyl sites for hydroxylation is 2. The van der Waals surface area contributed by atoms with Crippen LogP contribution < -0.4 is 5.32 Å². The lowest BCUT2D eigenvalue weighted by molar-refractivity contribution is 0.102. The van der Waals surface area contributed by atoms with Crippen molar-refractivity contribution in [2.24, 2.45) is 0 Å². The van der Waals surface area contributed by atoms with Crippen LogP contribution in [0.15, 0.2) is 60.7 Å². The topological polar surface area (TPSA) is 29.1 Å². The van der Waals surface area contributed by atoms with Gasteiger partial charge in [0.1, 0.15) is 6.17 Å². The lowest BCUT2D eigenvalue weighted by Crippen LogP contribution is -2.13. The predicted octanol–water partition coefficient (Wildman–Crippen LogP) is 6.99. The van der Waals surface area contributed by atoms with Gasteiger partial charge in [0, 0.05) is 24.1 Å². The zero-order valence-corrected chi connectivity index (χ0v) is 17.8. The van der Waals surface area contributed by atoms with Gasteiger partial charge in [0.25, 0.3) is 5.91 Å². The number of rotatable bonds is 6. The van der Waals surface area contributed by atoms with E-state index >= 15 is 0 Å². The van der Waals surface area contributed by atoms with Crippen LogP contribution in [0.1, 0.15) is 32.6 Å². The summed E-state index contributed by atoms with van der Waals surface area (Å²) in [6.07, 6.45) is -0.535. The fourth-order valence-corrected chi connectivity index (χ4v) is 3.51. The molecule has 150 valence electrons. The third-order valence-electron chi connectivity index (χ3n) is 4.74. The molecule has 0 saturated carbocycles. The first kappa shape index (κ1) is 21.4. The highest BCUT2D eigenvalue weighted by Gasteiger charge is 2.12. The SMILES string of the molecule is Cc1ccc(NC(=O)c2ccc(CC(F)Cc3ccc(Cl)c(Cl)c3)cc2)c(C)c1. The summed E-state index contributed by atoms with van der Waals surface area (Å²) in [7, 11) is 0. The lowest BCUT2D eigenvalue weighted by Gasteiger charge is -2.11. The van der Waals surface area contributed by atoms with E-state index in [4.69, 9.17) is 23.2 Å². The van der Waals surface area contributed by atoms with Crippen molar-refractivity contribution in [2.45, 2.75) is 32.9 Å². The van der Waals surface area contributed by atoms with E-state index < -0.39 is 6.17 Å². The van der Waals surface area contributed by atoms with E-state index in [-0.39, 0.29) is 18.7 Å². The predicted molar refractivity (Wildman–Crippen MR) is 119 cm³/mol.